The average molecular weight is 422 g/mol. The molecule has 0 aliphatic rings. The van der Waals surface area contributed by atoms with Crippen LogP contribution in [0.15, 0.2) is 0 Å². The molecular weight excluding hydrogens is 390 g/mol. The van der Waals surface area contributed by atoms with Gasteiger partial charge in [0.15, 0.2) is 0 Å². The molecule has 0 spiro atoms. The van der Waals surface area contributed by atoms with Gasteiger partial charge < -0.3 is 0 Å². The summed E-state index contributed by atoms with van der Waals surface area (Å²) in [5, 5.41) is 0.924. The summed E-state index contributed by atoms with van der Waals surface area (Å²) < 4.78 is 0. The Hall–Kier alpha value is 1.82. The van der Waals surface area contributed by atoms with Crippen LogP contribution in [0.4, 0.5) is 0 Å². The van der Waals surface area contributed by atoms with E-state index in [9.17, 15) is 0 Å². The van der Waals surface area contributed by atoms with Crippen LogP contribution < -0.4 is 0 Å². The lowest BCUT2D eigenvalue weighted by Crippen LogP contribution is -2.12. The highest BCUT2D eigenvalue weighted by atomic mass is 79.9. The van der Waals surface area contributed by atoms with Crippen molar-refractivity contribution < 1.29 is 0 Å². The van der Waals surface area contributed by atoms with Crippen LogP contribution in [0.2, 0.25) is 0 Å². The van der Waals surface area contributed by atoms with Gasteiger partial charge in [-0.25, -0.2) is 0 Å². The number of hydrogen-bond acceptors (Lipinski definition) is 0. The van der Waals surface area contributed by atoms with Crippen LogP contribution >= 0.6 is 44.2 Å². The molecule has 112 valence electrons. The number of rotatable bonds is 2. The Labute approximate surface area is 134 Å². The predicted octanol–water partition coefficient (Wildman–Crippen LogP) is 7.97. The topological polar surface area (TPSA) is 0 Å². The van der Waals surface area contributed by atoms with E-state index in [1.807, 2.05) is 0 Å². The second-order valence-corrected chi connectivity index (χ2v) is 17.7. The molecule has 0 amide bonds. The van der Waals surface area contributed by atoms with Gasteiger partial charge in [0.25, 0.3) is 0 Å². The predicted molar refractivity (Wildman–Crippen MR) is 101 cm³/mol. The van der Waals surface area contributed by atoms with E-state index in [1.165, 1.54) is 0 Å². The van der Waals surface area contributed by atoms with E-state index in [-0.39, 0.29) is 13.2 Å². The van der Waals surface area contributed by atoms with Crippen molar-refractivity contribution in [2.75, 3.05) is 0 Å². The first kappa shape index (κ1) is 22.1. The Morgan fingerprint density at radius 1 is 0.611 bits per heavy atom. The molecule has 0 heterocycles. The Balaban J connectivity index is 0. The second kappa shape index (κ2) is 8.96. The van der Waals surface area contributed by atoms with Crippen LogP contribution in [0.3, 0.4) is 0 Å². The smallest absolute Gasteiger partial charge is 0.00789 e. The maximum atomic E-state index is 3.73. The van der Waals surface area contributed by atoms with E-state index < -0.39 is 0 Å². The molecule has 0 aromatic heterocycles. The molecule has 0 fully saturated rings. The van der Waals surface area contributed by atoms with Gasteiger partial charge in [-0.15, -0.1) is 0 Å². The minimum absolute atomic E-state index is 0.0319. The highest BCUT2D eigenvalue weighted by molar-refractivity contribution is 9.39. The second-order valence-electron chi connectivity index (χ2n) is 7.15. The van der Waals surface area contributed by atoms with Crippen LogP contribution in [-0.2, 0) is 0 Å². The summed E-state index contributed by atoms with van der Waals surface area (Å²) in [7, 11) is 0. The van der Waals surface area contributed by atoms with Gasteiger partial charge >= 0.3 is 0 Å². The van der Waals surface area contributed by atoms with Crippen LogP contribution in [0, 0.1) is 0 Å². The Bertz CT molecular complexity index is 191. The van der Waals surface area contributed by atoms with Crippen molar-refractivity contribution in [1.29, 1.82) is 0 Å². The molecule has 0 N–H and O–H groups in total. The average Bonchev–Trinajstić information content (AvgIpc) is 2.13. The van der Waals surface area contributed by atoms with Gasteiger partial charge in [-0.05, 0) is 34.9 Å². The lowest BCUT2D eigenvalue weighted by atomic mass is 10.3. The SMILES string of the molecule is CC(C)P(Br)C(C)(C)C.CC(C)P(Br)C(C)(C)C. The van der Waals surface area contributed by atoms with Crippen molar-refractivity contribution in [2.45, 2.75) is 90.9 Å². The molecule has 2 unspecified atom stereocenters. The molecular formula is C14H32Br2P2. The van der Waals surface area contributed by atoms with Crippen LogP contribution in [0.25, 0.3) is 0 Å². The van der Waals surface area contributed by atoms with E-state index in [2.05, 4.69) is 100 Å². The zero-order valence-corrected chi connectivity index (χ0v) is 18.8. The lowest BCUT2D eigenvalue weighted by Gasteiger charge is -2.28. The maximum absolute atomic E-state index is 3.73. The summed E-state index contributed by atoms with van der Waals surface area (Å²) in [6.45, 7) is 22.9. The molecule has 0 radical (unpaired) electrons. The molecule has 0 aliphatic carbocycles. The Kier molecular flexibility index (Phi) is 11.0. The van der Waals surface area contributed by atoms with Gasteiger partial charge in [-0.2, -0.15) is 0 Å². The minimum Gasteiger partial charge on any atom is -0.0597 e. The molecule has 2 atom stereocenters. The summed E-state index contributed by atoms with van der Waals surface area (Å²) in [5.41, 5.74) is 1.58. The van der Waals surface area contributed by atoms with Gasteiger partial charge in [-0.1, -0.05) is 100 Å². The molecule has 4 heteroatoms. The Morgan fingerprint density at radius 3 is 0.778 bits per heavy atom. The van der Waals surface area contributed by atoms with E-state index in [0.29, 0.717) is 10.3 Å². The van der Waals surface area contributed by atoms with Gasteiger partial charge in [0.1, 0.15) is 0 Å². The van der Waals surface area contributed by atoms with Crippen molar-refractivity contribution in [1.82, 2.24) is 0 Å². The lowest BCUT2D eigenvalue weighted by molar-refractivity contribution is 0.781. The fourth-order valence-corrected chi connectivity index (χ4v) is 4.65. The third kappa shape index (κ3) is 10.6. The molecule has 18 heavy (non-hydrogen) atoms. The maximum Gasteiger partial charge on any atom is -0.00789 e. The quantitative estimate of drug-likeness (QED) is 0.396. The third-order valence-electron chi connectivity index (χ3n) is 2.19. The fourth-order valence-electron chi connectivity index (χ4n) is 1.55. The minimum atomic E-state index is 0.0319. The van der Waals surface area contributed by atoms with E-state index >= 15 is 0 Å². The van der Waals surface area contributed by atoms with E-state index in [1.54, 1.807) is 0 Å². The van der Waals surface area contributed by atoms with Crippen molar-refractivity contribution in [3.8, 4) is 0 Å². The Morgan fingerprint density at radius 2 is 0.778 bits per heavy atom. The van der Waals surface area contributed by atoms with E-state index in [4.69, 9.17) is 0 Å². The highest BCUT2D eigenvalue weighted by Crippen LogP contribution is 2.59. The molecule has 0 aliphatic heterocycles. The summed E-state index contributed by atoms with van der Waals surface area (Å²) >= 11 is 7.45. The van der Waals surface area contributed by atoms with Crippen molar-refractivity contribution >= 4 is 44.2 Å². The summed E-state index contributed by atoms with van der Waals surface area (Å²) in [6.07, 6.45) is 0. The first-order valence-electron chi connectivity index (χ1n) is 6.61. The largest absolute Gasteiger partial charge is 0.0597 e. The normalized spacial score (nSPS) is 16.3. The van der Waals surface area contributed by atoms with Crippen molar-refractivity contribution in [3.63, 3.8) is 0 Å². The van der Waals surface area contributed by atoms with Gasteiger partial charge in [-0.3, -0.25) is 0 Å². The third-order valence-corrected chi connectivity index (χ3v) is 17.9. The van der Waals surface area contributed by atoms with Crippen LogP contribution in [-0.4, -0.2) is 21.6 Å². The summed E-state index contributed by atoms with van der Waals surface area (Å²) in [6, 6.07) is 0. The van der Waals surface area contributed by atoms with E-state index in [0.717, 1.165) is 11.3 Å². The zero-order valence-electron chi connectivity index (χ0n) is 13.8. The molecule has 0 aromatic rings. The first-order valence-corrected chi connectivity index (χ1v) is 13.5. The summed E-state index contributed by atoms with van der Waals surface area (Å²) in [5.74, 6) is 0. The van der Waals surface area contributed by atoms with Crippen molar-refractivity contribution in [3.05, 3.63) is 0 Å². The standard InChI is InChI=1S/2C7H16BrP/c2*1-6(2)9(8)7(3,4)5/h2*6H,1-5H3. The van der Waals surface area contributed by atoms with Gasteiger partial charge in [0.05, 0.1) is 0 Å². The molecule has 0 aromatic carbocycles. The fraction of sp³-hybridized carbons (Fsp3) is 1.00. The van der Waals surface area contributed by atoms with Gasteiger partial charge in [0.2, 0.25) is 0 Å². The van der Waals surface area contributed by atoms with Gasteiger partial charge in [0, 0.05) is 0 Å². The molecule has 0 saturated heterocycles. The molecule has 0 bridgehead atoms. The highest BCUT2D eigenvalue weighted by Gasteiger charge is 2.24. The first-order chi connectivity index (χ1) is 7.71. The number of hydrogen-bond donors (Lipinski definition) is 0. The summed E-state index contributed by atoms with van der Waals surface area (Å²) in [4.78, 5) is 0. The number of halogens is 2. The molecule has 0 rings (SSSR count). The van der Waals surface area contributed by atoms with Crippen LogP contribution in [0.5, 0.6) is 0 Å². The molecule has 0 nitrogen and oxygen atoms in total. The van der Waals surface area contributed by atoms with Crippen molar-refractivity contribution in [2.24, 2.45) is 0 Å². The zero-order chi connectivity index (χ0) is 15.3. The monoisotopic (exact) mass is 420 g/mol. The molecule has 0 saturated carbocycles. The van der Waals surface area contributed by atoms with Crippen LogP contribution in [0.1, 0.15) is 69.2 Å².